The summed E-state index contributed by atoms with van der Waals surface area (Å²) in [6, 6.07) is 5.34. The molecular weight excluding hydrogens is 242 g/mol. The zero-order valence-corrected chi connectivity index (χ0v) is 10.9. The fraction of sp³-hybridized carbons (Fsp3) is 0.333. The SMILES string of the molecule is COc1cc(C)c2nc(C3CC3)cc(C(=O)O)c2c1. The standard InChI is InChI=1S/C15H15NO3/c1-8-5-10(19-2)6-11-12(15(17)18)7-13(9-3-4-9)16-14(8)11/h5-7,9H,3-4H2,1-2H3,(H,17,18). The van der Waals surface area contributed by atoms with E-state index in [1.807, 2.05) is 13.0 Å². The molecule has 19 heavy (non-hydrogen) atoms. The maximum Gasteiger partial charge on any atom is 0.336 e. The van der Waals surface area contributed by atoms with E-state index in [1.54, 1.807) is 19.2 Å². The molecule has 0 saturated heterocycles. The number of aromatic nitrogens is 1. The smallest absolute Gasteiger partial charge is 0.336 e. The first-order valence-electron chi connectivity index (χ1n) is 6.32. The molecule has 98 valence electrons. The monoisotopic (exact) mass is 257 g/mol. The van der Waals surface area contributed by atoms with E-state index in [-0.39, 0.29) is 0 Å². The van der Waals surface area contributed by atoms with Crippen LogP contribution in [-0.2, 0) is 0 Å². The van der Waals surface area contributed by atoms with Crippen LogP contribution in [0.2, 0.25) is 0 Å². The summed E-state index contributed by atoms with van der Waals surface area (Å²) in [7, 11) is 1.58. The number of methoxy groups -OCH3 is 1. The van der Waals surface area contributed by atoms with Crippen LogP contribution in [0.25, 0.3) is 10.9 Å². The van der Waals surface area contributed by atoms with Crippen LogP contribution in [-0.4, -0.2) is 23.2 Å². The molecule has 0 atom stereocenters. The number of ether oxygens (including phenoxy) is 1. The minimum absolute atomic E-state index is 0.314. The van der Waals surface area contributed by atoms with Crippen molar-refractivity contribution in [2.24, 2.45) is 0 Å². The average Bonchev–Trinajstić information content (AvgIpc) is 3.21. The van der Waals surface area contributed by atoms with Crippen molar-refractivity contribution >= 4 is 16.9 Å². The van der Waals surface area contributed by atoms with Gasteiger partial charge >= 0.3 is 5.97 Å². The van der Waals surface area contributed by atoms with E-state index in [4.69, 9.17) is 4.74 Å². The first-order chi connectivity index (χ1) is 9.10. The number of aryl methyl sites for hydroxylation is 1. The molecule has 1 fully saturated rings. The van der Waals surface area contributed by atoms with Crippen LogP contribution in [0.4, 0.5) is 0 Å². The predicted molar refractivity (Wildman–Crippen MR) is 72.0 cm³/mol. The van der Waals surface area contributed by atoms with Gasteiger partial charge < -0.3 is 9.84 Å². The van der Waals surface area contributed by atoms with Gasteiger partial charge in [-0.1, -0.05) is 0 Å². The molecule has 0 unspecified atom stereocenters. The van der Waals surface area contributed by atoms with Crippen LogP contribution in [0.15, 0.2) is 18.2 Å². The number of pyridine rings is 1. The molecule has 1 saturated carbocycles. The lowest BCUT2D eigenvalue weighted by atomic mass is 10.0. The molecule has 0 aliphatic heterocycles. The van der Waals surface area contributed by atoms with Crippen molar-refractivity contribution in [1.82, 2.24) is 4.98 Å². The molecule has 4 nitrogen and oxygen atoms in total. The zero-order valence-electron chi connectivity index (χ0n) is 10.9. The van der Waals surface area contributed by atoms with Crippen molar-refractivity contribution < 1.29 is 14.6 Å². The highest BCUT2D eigenvalue weighted by Crippen LogP contribution is 2.40. The molecule has 1 heterocycles. The fourth-order valence-electron chi connectivity index (χ4n) is 2.37. The van der Waals surface area contributed by atoms with Gasteiger partial charge in [0.2, 0.25) is 0 Å². The normalized spacial score (nSPS) is 14.6. The minimum atomic E-state index is -0.915. The van der Waals surface area contributed by atoms with Crippen LogP contribution < -0.4 is 4.74 Å². The topological polar surface area (TPSA) is 59.4 Å². The second kappa shape index (κ2) is 4.23. The number of nitrogens with zero attached hydrogens (tertiary/aromatic N) is 1. The van der Waals surface area contributed by atoms with E-state index >= 15 is 0 Å². The number of carboxylic acids is 1. The second-order valence-corrected chi connectivity index (χ2v) is 5.01. The number of hydrogen-bond acceptors (Lipinski definition) is 3. The fourth-order valence-corrected chi connectivity index (χ4v) is 2.37. The zero-order chi connectivity index (χ0) is 13.6. The van der Waals surface area contributed by atoms with Gasteiger partial charge in [0.15, 0.2) is 0 Å². The third kappa shape index (κ3) is 2.03. The van der Waals surface area contributed by atoms with E-state index in [0.717, 1.165) is 29.6 Å². The molecule has 1 aliphatic rings. The lowest BCUT2D eigenvalue weighted by Gasteiger charge is -2.10. The van der Waals surface area contributed by atoms with Crippen LogP contribution in [0.5, 0.6) is 5.75 Å². The molecule has 0 bridgehead atoms. The average molecular weight is 257 g/mol. The number of hydrogen-bond donors (Lipinski definition) is 1. The van der Waals surface area contributed by atoms with Crippen LogP contribution in [0.3, 0.4) is 0 Å². The molecule has 0 amide bonds. The number of carbonyl (C=O) groups is 1. The lowest BCUT2D eigenvalue weighted by Crippen LogP contribution is -2.02. The predicted octanol–water partition coefficient (Wildman–Crippen LogP) is 3.13. The molecule has 2 aromatic rings. The van der Waals surface area contributed by atoms with Gasteiger partial charge in [0.05, 0.1) is 18.2 Å². The maximum absolute atomic E-state index is 11.5. The Hall–Kier alpha value is -2.10. The molecule has 4 heteroatoms. The Morgan fingerprint density at radius 2 is 2.11 bits per heavy atom. The molecule has 1 aliphatic carbocycles. The number of carboxylic acid groups (broad SMARTS) is 1. The summed E-state index contributed by atoms with van der Waals surface area (Å²) in [5, 5.41) is 10.0. The van der Waals surface area contributed by atoms with E-state index in [2.05, 4.69) is 4.98 Å². The summed E-state index contributed by atoms with van der Waals surface area (Å²) in [5.74, 6) is 0.180. The van der Waals surface area contributed by atoms with Crippen molar-refractivity contribution in [3.63, 3.8) is 0 Å². The molecule has 3 rings (SSSR count). The van der Waals surface area contributed by atoms with E-state index in [0.29, 0.717) is 22.6 Å². The van der Waals surface area contributed by atoms with Gasteiger partial charge in [0.25, 0.3) is 0 Å². The van der Waals surface area contributed by atoms with E-state index in [9.17, 15) is 9.90 Å². The Morgan fingerprint density at radius 3 is 2.68 bits per heavy atom. The van der Waals surface area contributed by atoms with Gasteiger partial charge in [-0.15, -0.1) is 0 Å². The Labute approximate surface area is 111 Å². The van der Waals surface area contributed by atoms with Gasteiger partial charge in [-0.05, 0) is 43.5 Å². The van der Waals surface area contributed by atoms with Crippen LogP contribution in [0.1, 0.15) is 40.4 Å². The van der Waals surface area contributed by atoms with Gasteiger partial charge in [-0.2, -0.15) is 0 Å². The first-order valence-corrected chi connectivity index (χ1v) is 6.32. The van der Waals surface area contributed by atoms with Crippen molar-refractivity contribution in [3.8, 4) is 5.75 Å². The van der Waals surface area contributed by atoms with Crippen molar-refractivity contribution in [2.75, 3.05) is 7.11 Å². The highest BCUT2D eigenvalue weighted by atomic mass is 16.5. The number of aromatic carboxylic acids is 1. The Balaban J connectivity index is 2.33. The summed E-state index contributed by atoms with van der Waals surface area (Å²) in [6.07, 6.45) is 2.21. The molecule has 1 aromatic carbocycles. The highest BCUT2D eigenvalue weighted by Gasteiger charge is 2.27. The Kier molecular flexibility index (Phi) is 2.66. The summed E-state index contributed by atoms with van der Waals surface area (Å²) in [4.78, 5) is 16.1. The molecule has 1 aromatic heterocycles. The number of benzene rings is 1. The highest BCUT2D eigenvalue weighted by molar-refractivity contribution is 6.03. The van der Waals surface area contributed by atoms with Crippen molar-refractivity contribution in [1.29, 1.82) is 0 Å². The van der Waals surface area contributed by atoms with Crippen LogP contribution >= 0.6 is 0 Å². The summed E-state index contributed by atoms with van der Waals surface area (Å²) in [5.41, 5.74) is 2.93. The van der Waals surface area contributed by atoms with Gasteiger partial charge in [0, 0.05) is 17.0 Å². The minimum Gasteiger partial charge on any atom is -0.497 e. The second-order valence-electron chi connectivity index (χ2n) is 5.01. The van der Waals surface area contributed by atoms with Gasteiger partial charge in [-0.3, -0.25) is 4.98 Å². The third-order valence-electron chi connectivity index (χ3n) is 3.56. The van der Waals surface area contributed by atoms with Crippen molar-refractivity contribution in [2.45, 2.75) is 25.7 Å². The lowest BCUT2D eigenvalue weighted by molar-refractivity contribution is 0.0699. The maximum atomic E-state index is 11.5. The number of rotatable bonds is 3. The van der Waals surface area contributed by atoms with Crippen LogP contribution in [0, 0.1) is 6.92 Å². The molecular formula is C15H15NO3. The largest absolute Gasteiger partial charge is 0.497 e. The summed E-state index contributed by atoms with van der Waals surface area (Å²) in [6.45, 7) is 1.93. The molecule has 0 radical (unpaired) electrons. The quantitative estimate of drug-likeness (QED) is 0.917. The Bertz CT molecular complexity index is 675. The number of fused-ring (bicyclic) bond motifs is 1. The summed E-state index contributed by atoms with van der Waals surface area (Å²) < 4.78 is 5.21. The Morgan fingerprint density at radius 1 is 1.37 bits per heavy atom. The summed E-state index contributed by atoms with van der Waals surface area (Å²) >= 11 is 0. The third-order valence-corrected chi connectivity index (χ3v) is 3.56. The first kappa shape index (κ1) is 12.0. The molecule has 0 spiro atoms. The van der Waals surface area contributed by atoms with Gasteiger partial charge in [-0.25, -0.2) is 4.79 Å². The van der Waals surface area contributed by atoms with E-state index in [1.165, 1.54) is 0 Å². The van der Waals surface area contributed by atoms with Gasteiger partial charge in [0.1, 0.15) is 5.75 Å². The van der Waals surface area contributed by atoms with Crippen molar-refractivity contribution in [3.05, 3.63) is 35.0 Å². The van der Waals surface area contributed by atoms with E-state index < -0.39 is 5.97 Å². The molecule has 1 N–H and O–H groups in total.